The smallest absolute Gasteiger partial charge is 0.268 e. The second-order valence-corrected chi connectivity index (χ2v) is 4.52. The van der Waals surface area contributed by atoms with E-state index in [4.69, 9.17) is 0 Å². The van der Waals surface area contributed by atoms with Gasteiger partial charge >= 0.3 is 0 Å². The van der Waals surface area contributed by atoms with E-state index in [-0.39, 0.29) is 17.9 Å². The molecule has 100 valence electrons. The molecule has 2 atom stereocenters. The lowest BCUT2D eigenvalue weighted by Gasteiger charge is -2.17. The molecule has 0 unspecified atom stereocenters. The van der Waals surface area contributed by atoms with E-state index in [0.717, 1.165) is 6.42 Å². The van der Waals surface area contributed by atoms with Gasteiger partial charge in [-0.1, -0.05) is 6.92 Å². The lowest BCUT2D eigenvalue weighted by Crippen LogP contribution is -2.47. The van der Waals surface area contributed by atoms with Crippen LogP contribution in [-0.2, 0) is 11.8 Å². The lowest BCUT2D eigenvalue weighted by molar-refractivity contribution is -0.123. The summed E-state index contributed by atoms with van der Waals surface area (Å²) in [5, 5.41) is 5.51. The maximum atomic E-state index is 11.9. The van der Waals surface area contributed by atoms with Crippen LogP contribution in [0.15, 0.2) is 18.3 Å². The Labute approximate surface area is 108 Å². The number of nitrogens with one attached hydrogen (secondary N) is 2. The Balaban J connectivity index is 2.55. The van der Waals surface area contributed by atoms with Crippen LogP contribution < -0.4 is 10.6 Å². The molecule has 0 saturated carbocycles. The second-order valence-electron chi connectivity index (χ2n) is 4.52. The maximum absolute atomic E-state index is 11.9. The van der Waals surface area contributed by atoms with Crippen LogP contribution in [0.4, 0.5) is 0 Å². The van der Waals surface area contributed by atoms with Gasteiger partial charge < -0.3 is 15.2 Å². The molecule has 0 aliphatic rings. The fraction of sp³-hybridized carbons (Fsp3) is 0.538. The van der Waals surface area contributed by atoms with E-state index < -0.39 is 6.04 Å². The van der Waals surface area contributed by atoms with E-state index >= 15 is 0 Å². The van der Waals surface area contributed by atoms with Gasteiger partial charge in [0, 0.05) is 19.3 Å². The Kier molecular flexibility index (Phi) is 4.95. The van der Waals surface area contributed by atoms with Gasteiger partial charge in [0.1, 0.15) is 11.7 Å². The molecule has 0 spiro atoms. The molecule has 0 aliphatic heterocycles. The number of hydrogen-bond donors (Lipinski definition) is 2. The summed E-state index contributed by atoms with van der Waals surface area (Å²) in [6, 6.07) is 3.08. The highest BCUT2D eigenvalue weighted by molar-refractivity contribution is 5.96. The Hall–Kier alpha value is -1.78. The molecule has 2 N–H and O–H groups in total. The Morgan fingerprint density at radius 2 is 2.00 bits per heavy atom. The third-order valence-electron chi connectivity index (χ3n) is 2.92. The zero-order valence-corrected chi connectivity index (χ0v) is 11.4. The summed E-state index contributed by atoms with van der Waals surface area (Å²) in [5.74, 6) is -0.402. The van der Waals surface area contributed by atoms with Gasteiger partial charge in [0.05, 0.1) is 0 Å². The zero-order chi connectivity index (χ0) is 13.7. The van der Waals surface area contributed by atoms with E-state index in [0.29, 0.717) is 5.69 Å². The number of hydrogen-bond acceptors (Lipinski definition) is 2. The van der Waals surface area contributed by atoms with Crippen molar-refractivity contribution >= 4 is 11.8 Å². The average molecular weight is 251 g/mol. The number of amides is 2. The molecule has 18 heavy (non-hydrogen) atoms. The Morgan fingerprint density at radius 3 is 2.50 bits per heavy atom. The first-order chi connectivity index (χ1) is 8.45. The standard InChI is InChI=1S/C13H21N3O2/c1-5-9(2)14-12(17)10(3)15-13(18)11-7-6-8-16(11)4/h6-10H,5H2,1-4H3,(H,14,17)(H,15,18)/t9-,10-/m1/s1. The van der Waals surface area contributed by atoms with Crippen molar-refractivity contribution in [1.82, 2.24) is 15.2 Å². The number of nitrogens with zero attached hydrogens (tertiary/aromatic N) is 1. The van der Waals surface area contributed by atoms with E-state index in [9.17, 15) is 9.59 Å². The molecule has 0 aromatic carbocycles. The first-order valence-electron chi connectivity index (χ1n) is 6.18. The summed E-state index contributed by atoms with van der Waals surface area (Å²) < 4.78 is 1.72. The van der Waals surface area contributed by atoms with Gasteiger partial charge in [0.15, 0.2) is 0 Å². The highest BCUT2D eigenvalue weighted by Crippen LogP contribution is 2.00. The first-order valence-corrected chi connectivity index (χ1v) is 6.18. The van der Waals surface area contributed by atoms with Crippen molar-refractivity contribution in [2.45, 2.75) is 39.3 Å². The summed E-state index contributed by atoms with van der Waals surface area (Å²) in [7, 11) is 1.79. The fourth-order valence-electron chi connectivity index (χ4n) is 1.50. The molecule has 1 aromatic rings. The number of carbonyl (C=O) groups is 2. The van der Waals surface area contributed by atoms with E-state index in [1.807, 2.05) is 13.8 Å². The second kappa shape index (κ2) is 6.23. The van der Waals surface area contributed by atoms with Crippen molar-refractivity contribution in [3.63, 3.8) is 0 Å². The molecule has 0 bridgehead atoms. The molecule has 1 rings (SSSR count). The molecule has 0 radical (unpaired) electrons. The van der Waals surface area contributed by atoms with Crippen molar-refractivity contribution < 1.29 is 9.59 Å². The maximum Gasteiger partial charge on any atom is 0.268 e. The average Bonchev–Trinajstić information content (AvgIpc) is 2.75. The number of aryl methyl sites for hydroxylation is 1. The van der Waals surface area contributed by atoms with Crippen LogP contribution >= 0.6 is 0 Å². The molecular weight excluding hydrogens is 230 g/mol. The van der Waals surface area contributed by atoms with E-state index in [1.165, 1.54) is 0 Å². The topological polar surface area (TPSA) is 63.1 Å². The molecule has 1 heterocycles. The summed E-state index contributed by atoms with van der Waals surface area (Å²) in [6.45, 7) is 5.61. The molecule has 2 amide bonds. The molecule has 5 heteroatoms. The minimum Gasteiger partial charge on any atom is -0.352 e. The monoisotopic (exact) mass is 251 g/mol. The number of rotatable bonds is 5. The molecule has 0 fully saturated rings. The van der Waals surface area contributed by atoms with Gasteiger partial charge in [0.2, 0.25) is 5.91 Å². The summed E-state index contributed by atoms with van der Waals surface area (Å²) in [6.07, 6.45) is 2.66. The quantitative estimate of drug-likeness (QED) is 0.822. The van der Waals surface area contributed by atoms with Crippen LogP contribution in [0.1, 0.15) is 37.7 Å². The van der Waals surface area contributed by atoms with Crippen LogP contribution in [0.2, 0.25) is 0 Å². The van der Waals surface area contributed by atoms with Crippen molar-refractivity contribution in [3.05, 3.63) is 24.0 Å². The summed E-state index contributed by atoms with van der Waals surface area (Å²) in [4.78, 5) is 23.7. The van der Waals surface area contributed by atoms with Crippen molar-refractivity contribution in [1.29, 1.82) is 0 Å². The minimum absolute atomic E-state index is 0.117. The van der Waals surface area contributed by atoms with Gasteiger partial charge in [-0.3, -0.25) is 9.59 Å². The highest BCUT2D eigenvalue weighted by atomic mass is 16.2. The van der Waals surface area contributed by atoms with Gasteiger partial charge in [-0.2, -0.15) is 0 Å². The van der Waals surface area contributed by atoms with Gasteiger partial charge in [-0.15, -0.1) is 0 Å². The normalized spacial score (nSPS) is 13.8. The van der Waals surface area contributed by atoms with Crippen LogP contribution in [0.25, 0.3) is 0 Å². The first kappa shape index (κ1) is 14.3. The van der Waals surface area contributed by atoms with Gasteiger partial charge in [0.25, 0.3) is 5.91 Å². The van der Waals surface area contributed by atoms with Crippen LogP contribution in [-0.4, -0.2) is 28.5 Å². The Morgan fingerprint density at radius 1 is 1.33 bits per heavy atom. The molecule has 0 aliphatic carbocycles. The molecular formula is C13H21N3O2. The predicted molar refractivity (Wildman–Crippen MR) is 70.2 cm³/mol. The minimum atomic E-state index is -0.540. The van der Waals surface area contributed by atoms with E-state index in [2.05, 4.69) is 10.6 Å². The SMILES string of the molecule is CC[C@@H](C)NC(=O)[C@@H](C)NC(=O)c1cccn1C. The van der Waals surface area contributed by atoms with Gasteiger partial charge in [-0.05, 0) is 32.4 Å². The summed E-state index contributed by atoms with van der Waals surface area (Å²) >= 11 is 0. The number of aromatic nitrogens is 1. The third-order valence-corrected chi connectivity index (χ3v) is 2.92. The Bertz CT molecular complexity index is 426. The largest absolute Gasteiger partial charge is 0.352 e. The number of carbonyl (C=O) groups excluding carboxylic acids is 2. The van der Waals surface area contributed by atoms with Gasteiger partial charge in [-0.25, -0.2) is 0 Å². The van der Waals surface area contributed by atoms with E-state index in [1.54, 1.807) is 36.9 Å². The fourth-order valence-corrected chi connectivity index (χ4v) is 1.50. The van der Waals surface area contributed by atoms with Crippen LogP contribution in [0, 0.1) is 0 Å². The molecule has 0 saturated heterocycles. The third kappa shape index (κ3) is 3.61. The van der Waals surface area contributed by atoms with Crippen molar-refractivity contribution in [2.75, 3.05) is 0 Å². The van der Waals surface area contributed by atoms with Crippen LogP contribution in [0.3, 0.4) is 0 Å². The molecule has 1 aromatic heterocycles. The lowest BCUT2D eigenvalue weighted by atomic mass is 10.2. The zero-order valence-electron chi connectivity index (χ0n) is 11.4. The van der Waals surface area contributed by atoms with Crippen molar-refractivity contribution in [3.8, 4) is 0 Å². The van der Waals surface area contributed by atoms with Crippen molar-refractivity contribution in [2.24, 2.45) is 7.05 Å². The predicted octanol–water partition coefficient (Wildman–Crippen LogP) is 1.06. The van der Waals surface area contributed by atoms with Crippen LogP contribution in [0.5, 0.6) is 0 Å². The molecule has 5 nitrogen and oxygen atoms in total. The summed E-state index contributed by atoms with van der Waals surface area (Å²) in [5.41, 5.74) is 0.540. The highest BCUT2D eigenvalue weighted by Gasteiger charge is 2.18.